The lowest BCUT2D eigenvalue weighted by Crippen LogP contribution is -2.19. The summed E-state index contributed by atoms with van der Waals surface area (Å²) in [5, 5.41) is 19.3. The van der Waals surface area contributed by atoms with Gasteiger partial charge in [0.25, 0.3) is 5.56 Å². The standard InChI is InChI=1S/C13H9ClN2O2/c1-8-6-12(17)16(13(18)9(8)7-15)11-5-3-2-4-10(11)14/h2-6,18H,1H3. The van der Waals surface area contributed by atoms with E-state index in [1.165, 1.54) is 6.07 Å². The zero-order valence-electron chi connectivity index (χ0n) is 9.51. The van der Waals surface area contributed by atoms with E-state index in [0.717, 1.165) is 4.57 Å². The second-order valence-corrected chi connectivity index (χ2v) is 4.17. The highest BCUT2D eigenvalue weighted by Crippen LogP contribution is 2.25. The summed E-state index contributed by atoms with van der Waals surface area (Å²) >= 11 is 5.98. The summed E-state index contributed by atoms with van der Waals surface area (Å²) in [5.74, 6) is -0.393. The molecule has 1 aromatic carbocycles. The average molecular weight is 261 g/mol. The number of nitriles is 1. The summed E-state index contributed by atoms with van der Waals surface area (Å²) in [4.78, 5) is 11.9. The molecule has 0 atom stereocenters. The van der Waals surface area contributed by atoms with Crippen LogP contribution in [0.1, 0.15) is 11.1 Å². The van der Waals surface area contributed by atoms with Crippen molar-refractivity contribution in [2.45, 2.75) is 6.92 Å². The van der Waals surface area contributed by atoms with Gasteiger partial charge in [-0.3, -0.25) is 4.79 Å². The molecule has 0 spiro atoms. The number of benzene rings is 1. The number of nitrogens with zero attached hydrogens (tertiary/aromatic N) is 2. The van der Waals surface area contributed by atoms with Crippen LogP contribution in [0.5, 0.6) is 5.88 Å². The topological polar surface area (TPSA) is 66.0 Å². The molecule has 0 amide bonds. The number of hydrogen-bond donors (Lipinski definition) is 1. The normalized spacial score (nSPS) is 10.1. The van der Waals surface area contributed by atoms with Gasteiger partial charge in [-0.15, -0.1) is 0 Å². The monoisotopic (exact) mass is 260 g/mol. The van der Waals surface area contributed by atoms with Crippen molar-refractivity contribution in [3.8, 4) is 17.6 Å². The van der Waals surface area contributed by atoms with Gasteiger partial charge in [0.2, 0.25) is 5.88 Å². The van der Waals surface area contributed by atoms with Gasteiger partial charge in [-0.2, -0.15) is 5.26 Å². The van der Waals surface area contributed by atoms with Gasteiger partial charge < -0.3 is 5.11 Å². The maximum absolute atomic E-state index is 11.9. The fourth-order valence-corrected chi connectivity index (χ4v) is 1.94. The lowest BCUT2D eigenvalue weighted by Gasteiger charge is -2.12. The van der Waals surface area contributed by atoms with E-state index in [4.69, 9.17) is 16.9 Å². The third-order valence-corrected chi connectivity index (χ3v) is 2.91. The van der Waals surface area contributed by atoms with E-state index >= 15 is 0 Å². The smallest absolute Gasteiger partial charge is 0.258 e. The predicted octanol–water partition coefficient (Wildman–Crippen LogP) is 2.38. The molecular formula is C13H9ClN2O2. The van der Waals surface area contributed by atoms with Gasteiger partial charge in [-0.25, -0.2) is 4.57 Å². The second kappa shape index (κ2) is 4.55. The minimum atomic E-state index is -0.433. The number of rotatable bonds is 1. The van der Waals surface area contributed by atoms with Crippen molar-refractivity contribution >= 4 is 11.6 Å². The van der Waals surface area contributed by atoms with Gasteiger partial charge in [0.05, 0.1) is 10.7 Å². The van der Waals surface area contributed by atoms with Crippen molar-refractivity contribution in [2.24, 2.45) is 0 Å². The van der Waals surface area contributed by atoms with Crippen LogP contribution in [0.15, 0.2) is 35.1 Å². The Hall–Kier alpha value is -2.25. The number of aryl methyl sites for hydroxylation is 1. The molecule has 0 unspecified atom stereocenters. The molecule has 90 valence electrons. The van der Waals surface area contributed by atoms with Crippen LogP contribution in [-0.4, -0.2) is 9.67 Å². The number of para-hydroxylation sites is 1. The molecule has 5 heteroatoms. The van der Waals surface area contributed by atoms with Crippen LogP contribution in [0, 0.1) is 18.3 Å². The van der Waals surface area contributed by atoms with Gasteiger partial charge in [0.15, 0.2) is 0 Å². The Morgan fingerprint density at radius 3 is 2.67 bits per heavy atom. The van der Waals surface area contributed by atoms with Crippen LogP contribution >= 0.6 is 11.6 Å². The summed E-state index contributed by atoms with van der Waals surface area (Å²) in [6.45, 7) is 1.59. The fourth-order valence-electron chi connectivity index (χ4n) is 1.72. The quantitative estimate of drug-likeness (QED) is 0.856. The van der Waals surface area contributed by atoms with E-state index in [1.807, 2.05) is 6.07 Å². The number of aromatic hydroxyl groups is 1. The van der Waals surface area contributed by atoms with E-state index in [2.05, 4.69) is 0 Å². The Labute approximate surface area is 108 Å². The first-order valence-corrected chi connectivity index (χ1v) is 5.54. The maximum atomic E-state index is 11.9. The number of pyridine rings is 1. The first-order valence-electron chi connectivity index (χ1n) is 5.17. The Balaban J connectivity index is 2.86. The van der Waals surface area contributed by atoms with Crippen molar-refractivity contribution in [3.05, 3.63) is 56.8 Å². The zero-order valence-corrected chi connectivity index (χ0v) is 10.3. The van der Waals surface area contributed by atoms with Gasteiger partial charge in [0, 0.05) is 6.07 Å². The van der Waals surface area contributed by atoms with Crippen LogP contribution in [0.2, 0.25) is 5.02 Å². The molecule has 1 heterocycles. The molecule has 4 nitrogen and oxygen atoms in total. The van der Waals surface area contributed by atoms with Crippen LogP contribution in [0.25, 0.3) is 5.69 Å². The number of halogens is 1. The average Bonchev–Trinajstić information content (AvgIpc) is 2.31. The van der Waals surface area contributed by atoms with E-state index < -0.39 is 11.4 Å². The number of aromatic nitrogens is 1. The lowest BCUT2D eigenvalue weighted by atomic mass is 10.1. The van der Waals surface area contributed by atoms with Gasteiger partial charge >= 0.3 is 0 Å². The van der Waals surface area contributed by atoms with Gasteiger partial charge in [-0.1, -0.05) is 23.7 Å². The lowest BCUT2D eigenvalue weighted by molar-refractivity contribution is 0.433. The maximum Gasteiger partial charge on any atom is 0.258 e. The van der Waals surface area contributed by atoms with Crippen molar-refractivity contribution in [1.82, 2.24) is 4.57 Å². The highest BCUT2D eigenvalue weighted by molar-refractivity contribution is 6.32. The second-order valence-electron chi connectivity index (χ2n) is 3.76. The molecule has 0 fully saturated rings. The predicted molar refractivity (Wildman–Crippen MR) is 68.2 cm³/mol. The van der Waals surface area contributed by atoms with E-state index in [9.17, 15) is 9.90 Å². The molecule has 0 saturated heterocycles. The Morgan fingerprint density at radius 2 is 2.06 bits per heavy atom. The SMILES string of the molecule is Cc1cc(=O)n(-c2ccccc2Cl)c(O)c1C#N. The highest BCUT2D eigenvalue weighted by Gasteiger charge is 2.15. The van der Waals surface area contributed by atoms with Crippen molar-refractivity contribution in [1.29, 1.82) is 5.26 Å². The molecule has 2 aromatic rings. The van der Waals surface area contributed by atoms with Crippen LogP contribution in [0.4, 0.5) is 0 Å². The van der Waals surface area contributed by atoms with Crippen molar-refractivity contribution in [3.63, 3.8) is 0 Å². The molecule has 1 aromatic heterocycles. The molecule has 0 aliphatic rings. The third kappa shape index (κ3) is 1.85. The van der Waals surface area contributed by atoms with E-state index in [1.54, 1.807) is 31.2 Å². The molecule has 0 aliphatic carbocycles. The molecule has 18 heavy (non-hydrogen) atoms. The fraction of sp³-hybridized carbons (Fsp3) is 0.0769. The Kier molecular flexibility index (Phi) is 3.09. The molecule has 0 saturated carbocycles. The third-order valence-electron chi connectivity index (χ3n) is 2.60. The minimum Gasteiger partial charge on any atom is -0.493 e. The van der Waals surface area contributed by atoms with E-state index in [-0.39, 0.29) is 5.56 Å². The molecule has 1 N–H and O–H groups in total. The summed E-state index contributed by atoms with van der Waals surface area (Å²) in [6, 6.07) is 9.77. The minimum absolute atomic E-state index is 0.0644. The Bertz CT molecular complexity index is 714. The summed E-state index contributed by atoms with van der Waals surface area (Å²) in [5.41, 5.74) is 0.410. The first-order chi connectivity index (χ1) is 8.56. The summed E-state index contributed by atoms with van der Waals surface area (Å²) < 4.78 is 1.02. The first kappa shape index (κ1) is 12.2. The molecule has 0 aliphatic heterocycles. The summed E-state index contributed by atoms with van der Waals surface area (Å²) in [6.07, 6.45) is 0. The van der Waals surface area contributed by atoms with Crippen molar-refractivity contribution < 1.29 is 5.11 Å². The van der Waals surface area contributed by atoms with Crippen molar-refractivity contribution in [2.75, 3.05) is 0 Å². The van der Waals surface area contributed by atoms with E-state index in [0.29, 0.717) is 16.3 Å². The largest absolute Gasteiger partial charge is 0.493 e. The van der Waals surface area contributed by atoms with Gasteiger partial charge in [-0.05, 0) is 24.6 Å². The number of hydrogen-bond acceptors (Lipinski definition) is 3. The Morgan fingerprint density at radius 1 is 1.39 bits per heavy atom. The molecule has 0 radical (unpaired) electrons. The van der Waals surface area contributed by atoms with Gasteiger partial charge in [0.1, 0.15) is 11.6 Å². The molecule has 2 rings (SSSR count). The van der Waals surface area contributed by atoms with Crippen LogP contribution < -0.4 is 5.56 Å². The summed E-state index contributed by atoms with van der Waals surface area (Å²) in [7, 11) is 0. The highest BCUT2D eigenvalue weighted by atomic mass is 35.5. The zero-order chi connectivity index (χ0) is 13.3. The van der Waals surface area contributed by atoms with Crippen LogP contribution in [-0.2, 0) is 0 Å². The molecule has 0 bridgehead atoms. The molecular weight excluding hydrogens is 252 g/mol. The van der Waals surface area contributed by atoms with Crippen LogP contribution in [0.3, 0.4) is 0 Å².